The van der Waals surface area contributed by atoms with Gasteiger partial charge in [-0.1, -0.05) is 67.8 Å². The maximum Gasteiger partial charge on any atom is -0.0377 e. The Kier molecular flexibility index (Phi) is 13.1. The third-order valence-corrected chi connectivity index (χ3v) is 1.79. The van der Waals surface area contributed by atoms with Gasteiger partial charge in [0, 0.05) is 0 Å². The highest BCUT2D eigenvalue weighted by Crippen LogP contribution is 2.00. The molecular weight excluding hydrogens is 192 g/mol. The molecular formula is C16H28. The zero-order valence-electron chi connectivity index (χ0n) is 12.1. The lowest BCUT2D eigenvalue weighted by atomic mass is 10.2. The monoisotopic (exact) mass is 220 g/mol. The van der Waals surface area contributed by atoms with Crippen molar-refractivity contribution in [3.05, 3.63) is 47.0 Å². The van der Waals surface area contributed by atoms with Crippen LogP contribution in [0.15, 0.2) is 35.9 Å². The van der Waals surface area contributed by atoms with Crippen molar-refractivity contribution in [2.24, 2.45) is 0 Å². The Bertz CT molecular complexity index is 261. The topological polar surface area (TPSA) is 0 Å². The summed E-state index contributed by atoms with van der Waals surface area (Å²) < 4.78 is 0. The van der Waals surface area contributed by atoms with E-state index in [2.05, 4.69) is 65.0 Å². The molecule has 0 aliphatic rings. The van der Waals surface area contributed by atoms with E-state index in [9.17, 15) is 0 Å². The predicted molar refractivity (Wildman–Crippen MR) is 77.0 cm³/mol. The summed E-state index contributed by atoms with van der Waals surface area (Å²) in [6.07, 6.45) is 3.38. The first-order valence-corrected chi connectivity index (χ1v) is 6.23. The van der Waals surface area contributed by atoms with Crippen LogP contribution in [0.5, 0.6) is 0 Å². The van der Waals surface area contributed by atoms with E-state index in [0.29, 0.717) is 0 Å². The lowest BCUT2D eigenvalue weighted by Gasteiger charge is -1.90. The fraction of sp³-hybridized carbons (Fsp3) is 0.500. The molecule has 0 N–H and O–H groups in total. The summed E-state index contributed by atoms with van der Waals surface area (Å²) in [6, 6.07) is 8.45. The minimum Gasteiger partial charge on any atom is -0.0862 e. The van der Waals surface area contributed by atoms with Crippen LogP contribution < -0.4 is 0 Å². The Morgan fingerprint density at radius 2 is 1.50 bits per heavy atom. The Morgan fingerprint density at radius 1 is 1.06 bits per heavy atom. The van der Waals surface area contributed by atoms with E-state index in [1.54, 1.807) is 0 Å². The van der Waals surface area contributed by atoms with Gasteiger partial charge in [0.25, 0.3) is 0 Å². The maximum atomic E-state index is 2.21. The van der Waals surface area contributed by atoms with Crippen LogP contribution in [0.1, 0.15) is 52.2 Å². The van der Waals surface area contributed by atoms with Crippen molar-refractivity contribution in [3.8, 4) is 0 Å². The van der Waals surface area contributed by atoms with Crippen molar-refractivity contribution in [2.75, 3.05) is 0 Å². The molecule has 0 amide bonds. The van der Waals surface area contributed by atoms with Crippen LogP contribution in [-0.4, -0.2) is 0 Å². The first kappa shape index (κ1) is 17.4. The maximum absolute atomic E-state index is 2.21. The van der Waals surface area contributed by atoms with Gasteiger partial charge < -0.3 is 0 Å². The molecule has 0 saturated carbocycles. The molecule has 0 aliphatic heterocycles. The lowest BCUT2D eigenvalue weighted by molar-refractivity contribution is 1.18. The molecule has 0 saturated heterocycles. The second-order valence-corrected chi connectivity index (χ2v) is 3.85. The molecule has 1 aromatic rings. The molecule has 0 aliphatic carbocycles. The van der Waals surface area contributed by atoms with Gasteiger partial charge in [0.15, 0.2) is 0 Å². The molecule has 0 aromatic heterocycles. The molecule has 0 fully saturated rings. The molecule has 92 valence electrons. The molecule has 0 nitrogen and oxygen atoms in total. The first-order valence-electron chi connectivity index (χ1n) is 6.23. The summed E-state index contributed by atoms with van der Waals surface area (Å²) in [7, 11) is 0. The molecule has 0 radical (unpaired) electrons. The minimum atomic E-state index is 1.17. The van der Waals surface area contributed by atoms with Crippen LogP contribution in [0.25, 0.3) is 0 Å². The van der Waals surface area contributed by atoms with Crippen molar-refractivity contribution < 1.29 is 0 Å². The van der Waals surface area contributed by atoms with Crippen LogP contribution in [0, 0.1) is 13.8 Å². The molecule has 1 aromatic carbocycles. The summed E-state index contributed by atoms with van der Waals surface area (Å²) in [6.45, 7) is 14.6. The van der Waals surface area contributed by atoms with Gasteiger partial charge in [-0.2, -0.15) is 0 Å². The average molecular weight is 220 g/mol. The van der Waals surface area contributed by atoms with Crippen molar-refractivity contribution >= 4 is 0 Å². The SMILES string of the molecule is CC.CCC=C(C)C.Cc1cccc(C)c1. The number of aryl methyl sites for hydroxylation is 2. The van der Waals surface area contributed by atoms with Gasteiger partial charge in [-0.05, 0) is 34.1 Å². The molecule has 0 atom stereocenters. The smallest absolute Gasteiger partial charge is 0.0377 e. The van der Waals surface area contributed by atoms with Crippen molar-refractivity contribution in [1.29, 1.82) is 0 Å². The van der Waals surface area contributed by atoms with E-state index >= 15 is 0 Å². The Hall–Kier alpha value is -1.04. The van der Waals surface area contributed by atoms with Crippen LogP contribution in [0.2, 0.25) is 0 Å². The second-order valence-electron chi connectivity index (χ2n) is 3.85. The average Bonchev–Trinajstić information content (AvgIpc) is 2.21. The second kappa shape index (κ2) is 12.0. The molecule has 0 heteroatoms. The number of benzene rings is 1. The van der Waals surface area contributed by atoms with E-state index in [0.717, 1.165) is 0 Å². The Balaban J connectivity index is 0. The predicted octanol–water partition coefficient (Wildman–Crippen LogP) is 5.69. The Morgan fingerprint density at radius 3 is 1.62 bits per heavy atom. The largest absolute Gasteiger partial charge is 0.0862 e. The van der Waals surface area contributed by atoms with Gasteiger partial charge in [-0.15, -0.1) is 0 Å². The minimum absolute atomic E-state index is 1.17. The molecule has 0 bridgehead atoms. The fourth-order valence-corrected chi connectivity index (χ4v) is 1.22. The zero-order valence-corrected chi connectivity index (χ0v) is 12.1. The lowest BCUT2D eigenvalue weighted by Crippen LogP contribution is -1.71. The summed E-state index contributed by atoms with van der Waals surface area (Å²) in [4.78, 5) is 0. The van der Waals surface area contributed by atoms with Gasteiger partial charge in [-0.25, -0.2) is 0 Å². The summed E-state index contributed by atoms with van der Waals surface area (Å²) in [5.74, 6) is 0. The van der Waals surface area contributed by atoms with Crippen LogP contribution in [0.4, 0.5) is 0 Å². The fourth-order valence-electron chi connectivity index (χ4n) is 1.22. The van der Waals surface area contributed by atoms with Gasteiger partial charge in [0.05, 0.1) is 0 Å². The highest BCUT2D eigenvalue weighted by Gasteiger charge is 1.80. The summed E-state index contributed by atoms with van der Waals surface area (Å²) >= 11 is 0. The van der Waals surface area contributed by atoms with Crippen LogP contribution in [-0.2, 0) is 0 Å². The highest BCUT2D eigenvalue weighted by molar-refractivity contribution is 5.20. The van der Waals surface area contributed by atoms with Gasteiger partial charge in [-0.3, -0.25) is 0 Å². The van der Waals surface area contributed by atoms with E-state index in [1.807, 2.05) is 13.8 Å². The zero-order chi connectivity index (χ0) is 13.0. The van der Waals surface area contributed by atoms with Gasteiger partial charge in [0.2, 0.25) is 0 Å². The summed E-state index contributed by atoms with van der Waals surface area (Å²) in [5.41, 5.74) is 4.09. The summed E-state index contributed by atoms with van der Waals surface area (Å²) in [5, 5.41) is 0. The normalized spacial score (nSPS) is 7.94. The molecule has 0 heterocycles. The first-order chi connectivity index (χ1) is 7.56. The number of hydrogen-bond donors (Lipinski definition) is 0. The number of rotatable bonds is 1. The van der Waals surface area contributed by atoms with Gasteiger partial charge >= 0.3 is 0 Å². The number of allylic oxidation sites excluding steroid dienone is 2. The molecule has 0 unspecified atom stereocenters. The van der Waals surface area contributed by atoms with E-state index in [-0.39, 0.29) is 0 Å². The third-order valence-electron chi connectivity index (χ3n) is 1.79. The van der Waals surface area contributed by atoms with E-state index < -0.39 is 0 Å². The van der Waals surface area contributed by atoms with Crippen LogP contribution >= 0.6 is 0 Å². The van der Waals surface area contributed by atoms with E-state index in [4.69, 9.17) is 0 Å². The molecule has 1 rings (SSSR count). The Labute approximate surface area is 102 Å². The van der Waals surface area contributed by atoms with Crippen molar-refractivity contribution in [1.82, 2.24) is 0 Å². The standard InChI is InChI=1S/C8H10.C6H12.C2H6/c1-7-4-3-5-8(2)6-7;1-4-5-6(2)3;1-2/h3-6H,1-2H3;5H,4H2,1-3H3;1-2H3. The highest BCUT2D eigenvalue weighted by atomic mass is 13.9. The van der Waals surface area contributed by atoms with Crippen LogP contribution in [0.3, 0.4) is 0 Å². The molecule has 16 heavy (non-hydrogen) atoms. The van der Waals surface area contributed by atoms with Gasteiger partial charge in [0.1, 0.15) is 0 Å². The number of hydrogen-bond acceptors (Lipinski definition) is 0. The van der Waals surface area contributed by atoms with Crippen molar-refractivity contribution in [3.63, 3.8) is 0 Å². The van der Waals surface area contributed by atoms with Crippen molar-refractivity contribution in [2.45, 2.75) is 54.9 Å². The van der Waals surface area contributed by atoms with E-state index in [1.165, 1.54) is 23.1 Å². The quantitative estimate of drug-likeness (QED) is 0.533. The third kappa shape index (κ3) is 13.0. The molecule has 0 spiro atoms.